The van der Waals surface area contributed by atoms with E-state index in [9.17, 15) is 8.78 Å². The van der Waals surface area contributed by atoms with Crippen LogP contribution in [0.5, 0.6) is 0 Å². The molecule has 0 saturated carbocycles. The molecule has 0 heterocycles. The fourth-order valence-corrected chi connectivity index (χ4v) is 1.78. The summed E-state index contributed by atoms with van der Waals surface area (Å²) in [6.45, 7) is 3.77. The van der Waals surface area contributed by atoms with E-state index in [0.717, 1.165) is 18.4 Å². The molecule has 87 valence electrons. The molecule has 0 aliphatic heterocycles. The summed E-state index contributed by atoms with van der Waals surface area (Å²) < 4.78 is 26.5. The molecule has 2 aromatic rings. The Bertz CT molecular complexity index is 501. The third-order valence-electron chi connectivity index (χ3n) is 2.65. The molecule has 0 bridgehead atoms. The lowest BCUT2D eigenvalue weighted by molar-refractivity contribution is 0.625. The first-order valence-corrected chi connectivity index (χ1v) is 5.54. The zero-order valence-electron chi connectivity index (χ0n) is 9.42. The molecule has 0 spiro atoms. The molecule has 2 rings (SSSR count). The van der Waals surface area contributed by atoms with Crippen molar-refractivity contribution in [3.63, 3.8) is 0 Å². The van der Waals surface area contributed by atoms with Gasteiger partial charge in [-0.15, -0.1) is 0 Å². The highest BCUT2D eigenvalue weighted by molar-refractivity contribution is 5.64. The molecule has 0 aliphatic rings. The Morgan fingerprint density at radius 3 is 2.29 bits per heavy atom. The zero-order chi connectivity index (χ0) is 12.3. The lowest BCUT2D eigenvalue weighted by Gasteiger charge is -2.06. The summed E-state index contributed by atoms with van der Waals surface area (Å²) in [6, 6.07) is 10.8. The molecular formula is C15H13F2. The third kappa shape index (κ3) is 2.70. The van der Waals surface area contributed by atoms with Gasteiger partial charge in [0.25, 0.3) is 0 Å². The molecule has 0 aromatic heterocycles. The molecule has 1 radical (unpaired) electrons. The highest BCUT2D eigenvalue weighted by atomic mass is 19.1. The van der Waals surface area contributed by atoms with Crippen molar-refractivity contribution in [3.05, 3.63) is 66.6 Å². The van der Waals surface area contributed by atoms with Gasteiger partial charge in [0.2, 0.25) is 0 Å². The van der Waals surface area contributed by atoms with E-state index in [2.05, 4.69) is 6.92 Å². The lowest BCUT2D eigenvalue weighted by atomic mass is 10.0. The van der Waals surface area contributed by atoms with Crippen molar-refractivity contribution in [2.75, 3.05) is 0 Å². The number of halogens is 2. The first-order valence-electron chi connectivity index (χ1n) is 5.54. The Morgan fingerprint density at radius 2 is 1.65 bits per heavy atom. The lowest BCUT2D eigenvalue weighted by Crippen LogP contribution is -1.89. The highest BCUT2D eigenvalue weighted by Crippen LogP contribution is 2.24. The van der Waals surface area contributed by atoms with Crippen molar-refractivity contribution in [3.8, 4) is 11.1 Å². The van der Waals surface area contributed by atoms with Gasteiger partial charge in [-0.3, -0.25) is 0 Å². The van der Waals surface area contributed by atoms with Crippen LogP contribution in [0.25, 0.3) is 11.1 Å². The fraction of sp³-hybridized carbons (Fsp3) is 0.133. The van der Waals surface area contributed by atoms with Crippen molar-refractivity contribution >= 4 is 0 Å². The second-order valence-corrected chi connectivity index (χ2v) is 3.92. The molecule has 2 aromatic carbocycles. The molecule has 0 atom stereocenters. The van der Waals surface area contributed by atoms with Gasteiger partial charge in [0, 0.05) is 5.56 Å². The normalized spacial score (nSPS) is 10.5. The van der Waals surface area contributed by atoms with Gasteiger partial charge in [0.15, 0.2) is 0 Å². The monoisotopic (exact) mass is 231 g/mol. The molecule has 0 amide bonds. The maximum atomic E-state index is 13.7. The zero-order valence-corrected chi connectivity index (χ0v) is 9.42. The maximum absolute atomic E-state index is 13.7. The maximum Gasteiger partial charge on any atom is 0.131 e. The second-order valence-electron chi connectivity index (χ2n) is 3.92. The quantitative estimate of drug-likeness (QED) is 0.734. The summed E-state index contributed by atoms with van der Waals surface area (Å²) >= 11 is 0. The molecule has 0 aliphatic carbocycles. The molecule has 0 fully saturated rings. The summed E-state index contributed by atoms with van der Waals surface area (Å²) in [7, 11) is 0. The van der Waals surface area contributed by atoms with Gasteiger partial charge >= 0.3 is 0 Å². The van der Waals surface area contributed by atoms with Crippen LogP contribution in [0.2, 0.25) is 0 Å². The first kappa shape index (κ1) is 11.8. The predicted molar refractivity (Wildman–Crippen MR) is 65.5 cm³/mol. The summed E-state index contributed by atoms with van der Waals surface area (Å²) in [6.07, 6.45) is 1.59. The average Bonchev–Trinajstić information content (AvgIpc) is 2.33. The van der Waals surface area contributed by atoms with Crippen LogP contribution in [-0.2, 0) is 6.42 Å². The van der Waals surface area contributed by atoms with Gasteiger partial charge in [-0.1, -0.05) is 25.1 Å². The van der Waals surface area contributed by atoms with Gasteiger partial charge in [-0.2, -0.15) is 0 Å². The van der Waals surface area contributed by atoms with Crippen LogP contribution in [-0.4, -0.2) is 0 Å². The number of aryl methyl sites for hydroxylation is 1. The number of hydrogen-bond donors (Lipinski definition) is 0. The Balaban J connectivity index is 2.42. The Labute approximate surface area is 99.9 Å². The Kier molecular flexibility index (Phi) is 3.52. The summed E-state index contributed by atoms with van der Waals surface area (Å²) in [5, 5.41) is 0. The van der Waals surface area contributed by atoms with Crippen LogP contribution >= 0.6 is 0 Å². The van der Waals surface area contributed by atoms with Crippen LogP contribution in [0.15, 0.2) is 42.5 Å². The predicted octanol–water partition coefficient (Wildman–Crippen LogP) is 4.40. The molecule has 0 saturated heterocycles. The highest BCUT2D eigenvalue weighted by Gasteiger charge is 2.06. The van der Waals surface area contributed by atoms with Gasteiger partial charge in [0.1, 0.15) is 11.6 Å². The Morgan fingerprint density at radius 1 is 0.941 bits per heavy atom. The van der Waals surface area contributed by atoms with Crippen LogP contribution in [0.3, 0.4) is 0 Å². The van der Waals surface area contributed by atoms with Crippen LogP contribution in [0.1, 0.15) is 12.0 Å². The second kappa shape index (κ2) is 5.09. The first-order chi connectivity index (χ1) is 8.20. The van der Waals surface area contributed by atoms with Crippen LogP contribution in [0.4, 0.5) is 8.78 Å². The van der Waals surface area contributed by atoms with Crippen LogP contribution < -0.4 is 0 Å². The molecular weight excluding hydrogens is 218 g/mol. The fourth-order valence-electron chi connectivity index (χ4n) is 1.78. The van der Waals surface area contributed by atoms with E-state index in [1.165, 1.54) is 18.2 Å². The van der Waals surface area contributed by atoms with Crippen LogP contribution in [0, 0.1) is 18.6 Å². The van der Waals surface area contributed by atoms with Crippen molar-refractivity contribution < 1.29 is 8.78 Å². The van der Waals surface area contributed by atoms with Gasteiger partial charge in [0.05, 0.1) is 0 Å². The van der Waals surface area contributed by atoms with E-state index in [1.807, 2.05) is 0 Å². The van der Waals surface area contributed by atoms with E-state index in [4.69, 9.17) is 0 Å². The number of hydrogen-bond acceptors (Lipinski definition) is 0. The molecule has 0 unspecified atom stereocenters. The van der Waals surface area contributed by atoms with Crippen molar-refractivity contribution in [1.82, 2.24) is 0 Å². The summed E-state index contributed by atoms with van der Waals surface area (Å²) in [5.41, 5.74) is 2.24. The number of rotatable bonds is 3. The molecule has 0 nitrogen and oxygen atoms in total. The largest absolute Gasteiger partial charge is 0.207 e. The minimum Gasteiger partial charge on any atom is -0.207 e. The number of benzene rings is 2. The Hall–Kier alpha value is -1.70. The summed E-state index contributed by atoms with van der Waals surface area (Å²) in [4.78, 5) is 0. The van der Waals surface area contributed by atoms with E-state index in [0.29, 0.717) is 11.1 Å². The average molecular weight is 231 g/mol. The van der Waals surface area contributed by atoms with Gasteiger partial charge in [-0.05, 0) is 48.2 Å². The standard InChI is InChI=1S/C15H13F2/c1-2-3-11-4-9-15(17)14(10-11)12-5-7-13(16)8-6-12/h4-10H,1-3H2. The van der Waals surface area contributed by atoms with E-state index in [1.54, 1.807) is 24.3 Å². The van der Waals surface area contributed by atoms with Crippen molar-refractivity contribution in [2.45, 2.75) is 12.8 Å². The van der Waals surface area contributed by atoms with Gasteiger partial charge < -0.3 is 0 Å². The third-order valence-corrected chi connectivity index (χ3v) is 2.65. The topological polar surface area (TPSA) is 0 Å². The van der Waals surface area contributed by atoms with Crippen molar-refractivity contribution in [2.24, 2.45) is 0 Å². The van der Waals surface area contributed by atoms with Crippen molar-refractivity contribution in [1.29, 1.82) is 0 Å². The molecule has 2 heteroatoms. The smallest absolute Gasteiger partial charge is 0.131 e. The molecule has 0 N–H and O–H groups in total. The minimum absolute atomic E-state index is 0.288. The van der Waals surface area contributed by atoms with E-state index >= 15 is 0 Å². The summed E-state index contributed by atoms with van der Waals surface area (Å²) in [5.74, 6) is -0.604. The molecule has 17 heavy (non-hydrogen) atoms. The SMILES string of the molecule is [CH2]CCc1ccc(F)c(-c2ccc(F)cc2)c1. The minimum atomic E-state index is -0.317. The van der Waals surface area contributed by atoms with Gasteiger partial charge in [-0.25, -0.2) is 8.78 Å². The van der Waals surface area contributed by atoms with E-state index < -0.39 is 0 Å². The van der Waals surface area contributed by atoms with E-state index in [-0.39, 0.29) is 11.6 Å².